The van der Waals surface area contributed by atoms with Gasteiger partial charge in [-0.25, -0.2) is 9.78 Å². The highest BCUT2D eigenvalue weighted by molar-refractivity contribution is 7.99. The zero-order valence-electron chi connectivity index (χ0n) is 12.9. The van der Waals surface area contributed by atoms with Crippen LogP contribution in [0.5, 0.6) is 0 Å². The van der Waals surface area contributed by atoms with Crippen LogP contribution in [0.1, 0.15) is 19.3 Å². The van der Waals surface area contributed by atoms with E-state index in [1.54, 1.807) is 6.20 Å². The highest BCUT2D eigenvalue weighted by atomic mass is 32.2. The fourth-order valence-electron chi connectivity index (χ4n) is 2.31. The van der Waals surface area contributed by atoms with Crippen LogP contribution in [-0.2, 0) is 0 Å². The van der Waals surface area contributed by atoms with Crippen LogP contribution in [0.2, 0.25) is 0 Å². The predicted octanol–water partition coefficient (Wildman–Crippen LogP) is 2.29. The number of nitrogens with one attached hydrogen (secondary N) is 1. The highest BCUT2D eigenvalue weighted by Gasteiger charge is 2.22. The first-order chi connectivity index (χ1) is 10.1. The lowest BCUT2D eigenvalue weighted by Gasteiger charge is -2.23. The number of carbonyl (C=O) groups is 1. The van der Waals surface area contributed by atoms with E-state index in [2.05, 4.69) is 21.5 Å². The Balaban J connectivity index is 2.01. The molecule has 1 aromatic rings. The number of likely N-dealkylation sites (tertiary alicyclic amines) is 1. The highest BCUT2D eigenvalue weighted by Crippen LogP contribution is 2.20. The molecule has 1 aromatic heterocycles. The van der Waals surface area contributed by atoms with Crippen LogP contribution in [0.15, 0.2) is 12.3 Å². The van der Waals surface area contributed by atoms with Crippen molar-refractivity contribution < 1.29 is 4.79 Å². The summed E-state index contributed by atoms with van der Waals surface area (Å²) in [5.41, 5.74) is 0. The van der Waals surface area contributed by atoms with Crippen LogP contribution < -0.4 is 10.2 Å². The summed E-state index contributed by atoms with van der Waals surface area (Å²) in [6, 6.07) is 1.71. The molecule has 0 radical (unpaired) electrons. The lowest BCUT2D eigenvalue weighted by atomic mass is 10.2. The third-order valence-electron chi connectivity index (χ3n) is 3.57. The molecule has 0 saturated carbocycles. The smallest absolute Gasteiger partial charge is 0.324 e. The Hall–Kier alpha value is -1.50. The molecule has 0 aliphatic carbocycles. The van der Waals surface area contributed by atoms with Gasteiger partial charge in [-0.3, -0.25) is 5.32 Å². The van der Waals surface area contributed by atoms with E-state index < -0.39 is 0 Å². The van der Waals surface area contributed by atoms with Crippen LogP contribution in [0, 0.1) is 0 Å². The van der Waals surface area contributed by atoms with Crippen LogP contribution >= 0.6 is 11.8 Å². The van der Waals surface area contributed by atoms with Crippen molar-refractivity contribution >= 4 is 29.6 Å². The molecule has 0 unspecified atom stereocenters. The van der Waals surface area contributed by atoms with Gasteiger partial charge in [-0.05, 0) is 25.2 Å². The minimum atomic E-state index is -0.105. The van der Waals surface area contributed by atoms with Gasteiger partial charge in [0.25, 0.3) is 0 Å². The molecule has 0 aromatic carbocycles. The Morgan fingerprint density at radius 1 is 1.48 bits per heavy atom. The van der Waals surface area contributed by atoms with Gasteiger partial charge in [0.2, 0.25) is 5.95 Å². The minimum Gasteiger partial charge on any atom is -0.363 e. The number of thioether (sulfide) groups is 1. The third-order valence-corrected chi connectivity index (χ3v) is 4.62. The molecule has 2 heterocycles. The maximum Gasteiger partial charge on any atom is 0.324 e. The molecule has 1 aliphatic heterocycles. The number of rotatable bonds is 3. The molecule has 0 spiro atoms. The zero-order valence-corrected chi connectivity index (χ0v) is 13.7. The molecule has 0 bridgehead atoms. The standard InChI is InChI=1S/C14H23N5OS/c1-18(2)12-7-8-15-13(16-12)17-14(20)19-9-5-4-6-11(10-19)21-3/h7-8,11H,4-6,9-10H2,1-3H3,(H,15,16,17,20)/t11-/m0/s1. The van der Waals surface area contributed by atoms with Gasteiger partial charge in [-0.1, -0.05) is 6.42 Å². The van der Waals surface area contributed by atoms with Gasteiger partial charge >= 0.3 is 6.03 Å². The van der Waals surface area contributed by atoms with Crippen molar-refractivity contribution in [2.45, 2.75) is 24.5 Å². The van der Waals surface area contributed by atoms with Crippen molar-refractivity contribution in [1.29, 1.82) is 0 Å². The molecule has 1 saturated heterocycles. The van der Waals surface area contributed by atoms with Crippen molar-refractivity contribution in [3.05, 3.63) is 12.3 Å². The third kappa shape index (κ3) is 4.49. The fourth-order valence-corrected chi connectivity index (χ4v) is 3.04. The number of anilines is 2. The van der Waals surface area contributed by atoms with Crippen molar-refractivity contribution in [2.75, 3.05) is 43.7 Å². The molecular formula is C14H23N5OS. The lowest BCUT2D eigenvalue weighted by Crippen LogP contribution is -2.39. The van der Waals surface area contributed by atoms with Gasteiger partial charge in [0, 0.05) is 38.6 Å². The quantitative estimate of drug-likeness (QED) is 0.928. The maximum absolute atomic E-state index is 12.4. The Morgan fingerprint density at radius 3 is 3.00 bits per heavy atom. The van der Waals surface area contributed by atoms with E-state index in [0.29, 0.717) is 11.2 Å². The molecule has 1 aliphatic rings. The predicted molar refractivity (Wildman–Crippen MR) is 88.1 cm³/mol. The summed E-state index contributed by atoms with van der Waals surface area (Å²) in [5.74, 6) is 1.13. The number of hydrogen-bond acceptors (Lipinski definition) is 5. The number of aromatic nitrogens is 2. The van der Waals surface area contributed by atoms with Crippen LogP contribution in [0.25, 0.3) is 0 Å². The molecule has 116 valence electrons. The number of hydrogen-bond donors (Lipinski definition) is 1. The molecule has 1 fully saturated rings. The second-order valence-electron chi connectivity index (χ2n) is 5.36. The maximum atomic E-state index is 12.4. The summed E-state index contributed by atoms with van der Waals surface area (Å²) in [6.45, 7) is 1.59. The Labute approximate surface area is 130 Å². The number of urea groups is 1. The number of nitrogens with zero attached hydrogens (tertiary/aromatic N) is 4. The van der Waals surface area contributed by atoms with Gasteiger partial charge in [-0.15, -0.1) is 0 Å². The van der Waals surface area contributed by atoms with E-state index in [0.717, 1.165) is 25.3 Å². The molecular weight excluding hydrogens is 286 g/mol. The van der Waals surface area contributed by atoms with Crippen LogP contribution in [0.4, 0.5) is 16.6 Å². The van der Waals surface area contributed by atoms with Gasteiger partial charge in [0.15, 0.2) is 0 Å². The Morgan fingerprint density at radius 2 is 2.29 bits per heavy atom. The Bertz CT molecular complexity index is 482. The minimum absolute atomic E-state index is 0.105. The van der Waals surface area contributed by atoms with Gasteiger partial charge in [-0.2, -0.15) is 16.7 Å². The topological polar surface area (TPSA) is 61.4 Å². The number of carbonyl (C=O) groups excluding carboxylic acids is 1. The molecule has 21 heavy (non-hydrogen) atoms. The van der Waals surface area contributed by atoms with E-state index in [9.17, 15) is 4.79 Å². The first kappa shape index (κ1) is 15.9. The molecule has 1 N–H and O–H groups in total. The normalized spacial score (nSPS) is 19.0. The van der Waals surface area contributed by atoms with Crippen molar-refractivity contribution in [3.63, 3.8) is 0 Å². The first-order valence-corrected chi connectivity index (χ1v) is 8.48. The van der Waals surface area contributed by atoms with E-state index in [1.165, 1.54) is 12.8 Å². The summed E-state index contributed by atoms with van der Waals surface area (Å²) in [7, 11) is 3.82. The second kappa shape index (κ2) is 7.49. The summed E-state index contributed by atoms with van der Waals surface area (Å²) in [5, 5.41) is 3.33. The fraction of sp³-hybridized carbons (Fsp3) is 0.643. The van der Waals surface area contributed by atoms with Crippen molar-refractivity contribution in [2.24, 2.45) is 0 Å². The summed E-state index contributed by atoms with van der Waals surface area (Å²) < 4.78 is 0. The molecule has 2 amide bonds. The largest absolute Gasteiger partial charge is 0.363 e. The van der Waals surface area contributed by atoms with Crippen molar-refractivity contribution in [3.8, 4) is 0 Å². The monoisotopic (exact) mass is 309 g/mol. The molecule has 7 heteroatoms. The van der Waals surface area contributed by atoms with Gasteiger partial charge < -0.3 is 9.80 Å². The van der Waals surface area contributed by atoms with Gasteiger partial charge in [0.1, 0.15) is 5.82 Å². The molecule has 2 rings (SSSR count). The van der Waals surface area contributed by atoms with Crippen LogP contribution in [0.3, 0.4) is 0 Å². The van der Waals surface area contributed by atoms with E-state index in [4.69, 9.17) is 0 Å². The molecule has 6 nitrogen and oxygen atoms in total. The van der Waals surface area contributed by atoms with E-state index >= 15 is 0 Å². The van der Waals surface area contributed by atoms with E-state index in [-0.39, 0.29) is 6.03 Å². The average Bonchev–Trinajstić information content (AvgIpc) is 2.73. The lowest BCUT2D eigenvalue weighted by molar-refractivity contribution is 0.214. The molecule has 1 atom stereocenters. The van der Waals surface area contributed by atoms with Gasteiger partial charge in [0.05, 0.1) is 0 Å². The Kier molecular flexibility index (Phi) is 5.67. The summed E-state index contributed by atoms with van der Waals surface area (Å²) >= 11 is 1.83. The SMILES string of the molecule is CS[C@H]1CCCCN(C(=O)Nc2nccc(N(C)C)n2)C1. The van der Waals surface area contributed by atoms with Crippen molar-refractivity contribution in [1.82, 2.24) is 14.9 Å². The summed E-state index contributed by atoms with van der Waals surface area (Å²) in [6.07, 6.45) is 7.18. The summed E-state index contributed by atoms with van der Waals surface area (Å²) in [4.78, 5) is 24.6. The first-order valence-electron chi connectivity index (χ1n) is 7.19. The number of amides is 2. The average molecular weight is 309 g/mol. The van der Waals surface area contributed by atoms with Crippen LogP contribution in [-0.4, -0.2) is 59.6 Å². The van der Waals surface area contributed by atoms with E-state index in [1.807, 2.05) is 41.7 Å². The zero-order chi connectivity index (χ0) is 15.2. The second-order valence-corrected chi connectivity index (χ2v) is 6.50.